The van der Waals surface area contributed by atoms with Gasteiger partial charge in [0.05, 0.1) is 19.4 Å². The van der Waals surface area contributed by atoms with Gasteiger partial charge in [-0.15, -0.1) is 0 Å². The topological polar surface area (TPSA) is 59.1 Å². The molecular formula is C24H32N2O4. The Kier molecular flexibility index (Phi) is 4.62. The maximum atomic E-state index is 12.9. The van der Waals surface area contributed by atoms with Crippen molar-refractivity contribution in [2.75, 3.05) is 31.7 Å². The van der Waals surface area contributed by atoms with E-state index in [4.69, 9.17) is 9.47 Å². The maximum Gasteiger partial charge on any atom is 0.302 e. The van der Waals surface area contributed by atoms with E-state index < -0.39 is 0 Å². The molecule has 6 nitrogen and oxygen atoms in total. The van der Waals surface area contributed by atoms with Crippen LogP contribution in [0.1, 0.15) is 57.9 Å². The molecule has 2 saturated heterocycles. The highest BCUT2D eigenvalue weighted by molar-refractivity contribution is 5.98. The van der Waals surface area contributed by atoms with Crippen LogP contribution in [0.5, 0.6) is 5.75 Å². The first-order valence-corrected chi connectivity index (χ1v) is 11.3. The number of methoxy groups -OCH3 is 1. The number of nitrogens with zero attached hydrogens (tertiary/aromatic N) is 2. The van der Waals surface area contributed by atoms with E-state index in [0.29, 0.717) is 12.6 Å². The molecule has 6 heteroatoms. The van der Waals surface area contributed by atoms with Gasteiger partial charge in [-0.25, -0.2) is 0 Å². The summed E-state index contributed by atoms with van der Waals surface area (Å²) >= 11 is 0. The molecule has 0 aromatic heterocycles. The first-order chi connectivity index (χ1) is 14.4. The fraction of sp³-hybridized carbons (Fsp3) is 0.667. The van der Waals surface area contributed by atoms with Crippen molar-refractivity contribution in [3.63, 3.8) is 0 Å². The summed E-state index contributed by atoms with van der Waals surface area (Å²) in [4.78, 5) is 29.0. The molecule has 4 aliphatic rings. The first-order valence-electron chi connectivity index (χ1n) is 11.3. The number of rotatable bonds is 4. The highest BCUT2D eigenvalue weighted by Gasteiger charge is 2.68. The van der Waals surface area contributed by atoms with Crippen molar-refractivity contribution in [1.82, 2.24) is 4.90 Å². The van der Waals surface area contributed by atoms with Crippen molar-refractivity contribution in [2.45, 2.75) is 69.9 Å². The Hall–Kier alpha value is -2.08. The zero-order valence-electron chi connectivity index (χ0n) is 18.3. The van der Waals surface area contributed by atoms with E-state index in [1.165, 1.54) is 25.3 Å². The van der Waals surface area contributed by atoms with Gasteiger partial charge in [0.1, 0.15) is 5.75 Å². The van der Waals surface area contributed by atoms with Crippen LogP contribution in [0.4, 0.5) is 5.69 Å². The predicted molar refractivity (Wildman–Crippen MR) is 114 cm³/mol. The molecule has 4 unspecified atom stereocenters. The largest absolute Gasteiger partial charge is 0.495 e. The SMILES string of the molecule is COc1cccc2c1N(C(C)=O)C1CCC3(CCOC(C)=O)CCCN4CCC21C43. The van der Waals surface area contributed by atoms with Crippen LogP contribution in [-0.4, -0.2) is 55.7 Å². The van der Waals surface area contributed by atoms with Crippen LogP contribution in [0.25, 0.3) is 0 Å². The standard InChI is InChI=1S/C24H32N2O4/c1-16(27)26-20-8-10-23(12-15-30-17(2)28)9-5-13-25-14-11-24(20,22(23)25)18-6-4-7-19(29-3)21(18)26/h4,6-7,20,22H,5,8-15H2,1-3H3. The summed E-state index contributed by atoms with van der Waals surface area (Å²) in [5.74, 6) is 0.697. The average Bonchev–Trinajstić information content (AvgIpc) is 3.25. The lowest BCUT2D eigenvalue weighted by molar-refractivity contribution is -0.143. The molecule has 3 heterocycles. The fourth-order valence-corrected chi connectivity index (χ4v) is 7.61. The van der Waals surface area contributed by atoms with Crippen LogP contribution < -0.4 is 9.64 Å². The van der Waals surface area contributed by atoms with E-state index in [1.54, 1.807) is 14.0 Å². The molecule has 1 aromatic rings. The van der Waals surface area contributed by atoms with Gasteiger partial charge in [-0.2, -0.15) is 0 Å². The van der Waals surface area contributed by atoms with Gasteiger partial charge >= 0.3 is 5.97 Å². The third-order valence-electron chi connectivity index (χ3n) is 8.39. The van der Waals surface area contributed by atoms with Crippen molar-refractivity contribution in [1.29, 1.82) is 0 Å². The van der Waals surface area contributed by atoms with Crippen LogP contribution in [-0.2, 0) is 19.7 Å². The van der Waals surface area contributed by atoms with Crippen molar-refractivity contribution >= 4 is 17.6 Å². The molecule has 1 aromatic carbocycles. The molecule has 0 radical (unpaired) electrons. The Morgan fingerprint density at radius 3 is 2.73 bits per heavy atom. The second-order valence-corrected chi connectivity index (χ2v) is 9.58. The third kappa shape index (κ3) is 2.52. The second-order valence-electron chi connectivity index (χ2n) is 9.58. The molecule has 5 rings (SSSR count). The van der Waals surface area contributed by atoms with Crippen molar-refractivity contribution in [3.05, 3.63) is 23.8 Å². The normalized spacial score (nSPS) is 34.2. The third-order valence-corrected chi connectivity index (χ3v) is 8.39. The van der Waals surface area contributed by atoms with Crippen LogP contribution in [0.15, 0.2) is 18.2 Å². The number of para-hydroxylation sites is 1. The predicted octanol–water partition coefficient (Wildman–Crippen LogP) is 3.27. The van der Waals surface area contributed by atoms with Crippen LogP contribution >= 0.6 is 0 Å². The van der Waals surface area contributed by atoms with Crippen LogP contribution in [0.3, 0.4) is 0 Å². The first kappa shape index (κ1) is 19.9. The monoisotopic (exact) mass is 412 g/mol. The second kappa shape index (κ2) is 6.98. The minimum absolute atomic E-state index is 0.0650. The lowest BCUT2D eigenvalue weighted by Crippen LogP contribution is -2.65. The molecule has 4 atom stereocenters. The molecule has 1 saturated carbocycles. The van der Waals surface area contributed by atoms with Gasteiger partial charge in [-0.1, -0.05) is 12.1 Å². The number of benzene rings is 1. The number of ether oxygens (including phenoxy) is 2. The number of esters is 1. The molecule has 1 spiro atoms. The fourth-order valence-electron chi connectivity index (χ4n) is 7.61. The number of fused-ring (bicyclic) bond motifs is 1. The lowest BCUT2D eigenvalue weighted by atomic mass is 9.52. The molecule has 3 fully saturated rings. The van der Waals surface area contributed by atoms with Crippen molar-refractivity contribution in [3.8, 4) is 5.75 Å². The van der Waals surface area contributed by atoms with Crippen molar-refractivity contribution < 1.29 is 19.1 Å². The Labute approximate surface area is 178 Å². The summed E-state index contributed by atoms with van der Waals surface area (Å²) in [6.07, 6.45) is 6.40. The van der Waals surface area contributed by atoms with Crippen molar-refractivity contribution in [2.24, 2.45) is 5.41 Å². The number of hydrogen-bond acceptors (Lipinski definition) is 5. The minimum atomic E-state index is -0.201. The average molecular weight is 413 g/mol. The van der Waals surface area contributed by atoms with Gasteiger partial charge in [0.2, 0.25) is 5.91 Å². The number of carbonyl (C=O) groups excluding carboxylic acids is 2. The number of hydrogen-bond donors (Lipinski definition) is 0. The summed E-state index contributed by atoms with van der Waals surface area (Å²) in [5.41, 5.74) is 2.34. The molecule has 1 aliphatic carbocycles. The van der Waals surface area contributed by atoms with E-state index in [-0.39, 0.29) is 28.7 Å². The van der Waals surface area contributed by atoms with Gasteiger partial charge in [0, 0.05) is 31.3 Å². The van der Waals surface area contributed by atoms with Gasteiger partial charge in [-0.05, 0) is 68.7 Å². The Morgan fingerprint density at radius 2 is 2.00 bits per heavy atom. The quantitative estimate of drug-likeness (QED) is 0.711. The van der Waals surface area contributed by atoms with Crippen LogP contribution in [0.2, 0.25) is 0 Å². The summed E-state index contributed by atoms with van der Waals surface area (Å²) in [6.45, 7) is 5.85. The van der Waals surface area contributed by atoms with Gasteiger partial charge < -0.3 is 14.4 Å². The Morgan fingerprint density at radius 1 is 1.17 bits per heavy atom. The van der Waals surface area contributed by atoms with E-state index >= 15 is 0 Å². The zero-order chi connectivity index (χ0) is 21.1. The smallest absolute Gasteiger partial charge is 0.302 e. The Balaban J connectivity index is 1.64. The molecule has 0 bridgehead atoms. The van der Waals surface area contributed by atoms with Gasteiger partial charge in [0.15, 0.2) is 0 Å². The summed E-state index contributed by atoms with van der Waals surface area (Å²) in [6, 6.07) is 6.84. The highest BCUT2D eigenvalue weighted by Crippen LogP contribution is 2.66. The van der Waals surface area contributed by atoms with E-state index in [1.807, 2.05) is 11.0 Å². The molecule has 30 heavy (non-hydrogen) atoms. The summed E-state index contributed by atoms with van der Waals surface area (Å²) < 4.78 is 11.1. The molecular weight excluding hydrogens is 380 g/mol. The summed E-state index contributed by atoms with van der Waals surface area (Å²) in [7, 11) is 1.69. The maximum absolute atomic E-state index is 12.9. The Bertz CT molecular complexity index is 886. The summed E-state index contributed by atoms with van der Waals surface area (Å²) in [5, 5.41) is 0. The molecule has 1 amide bonds. The van der Waals surface area contributed by atoms with Crippen LogP contribution in [0, 0.1) is 5.41 Å². The number of amides is 1. The molecule has 162 valence electrons. The minimum Gasteiger partial charge on any atom is -0.495 e. The highest BCUT2D eigenvalue weighted by atomic mass is 16.5. The lowest BCUT2D eigenvalue weighted by Gasteiger charge is -2.58. The zero-order valence-corrected chi connectivity index (χ0v) is 18.3. The molecule has 3 aliphatic heterocycles. The van der Waals surface area contributed by atoms with E-state index in [2.05, 4.69) is 17.0 Å². The number of piperidine rings is 1. The number of anilines is 1. The van der Waals surface area contributed by atoms with E-state index in [0.717, 1.165) is 50.2 Å². The number of carbonyl (C=O) groups is 2. The van der Waals surface area contributed by atoms with Gasteiger partial charge in [-0.3, -0.25) is 14.5 Å². The van der Waals surface area contributed by atoms with Gasteiger partial charge in [0.25, 0.3) is 0 Å². The molecule has 0 N–H and O–H groups in total. The van der Waals surface area contributed by atoms with E-state index in [9.17, 15) is 9.59 Å².